The van der Waals surface area contributed by atoms with Crippen molar-refractivity contribution in [1.82, 2.24) is 34.7 Å². The zero-order valence-corrected chi connectivity index (χ0v) is 23.3. The fourth-order valence-corrected chi connectivity index (χ4v) is 5.48. The van der Waals surface area contributed by atoms with Crippen molar-refractivity contribution in [3.05, 3.63) is 35.4 Å². The van der Waals surface area contributed by atoms with Crippen LogP contribution in [0.25, 0.3) is 5.69 Å². The molecule has 0 spiro atoms. The van der Waals surface area contributed by atoms with Crippen LogP contribution < -0.4 is 14.2 Å². The predicted octanol–water partition coefficient (Wildman–Crippen LogP) is 2.32. The summed E-state index contributed by atoms with van der Waals surface area (Å²) in [6.45, 7) is 5.76. The maximum absolute atomic E-state index is 13.6. The molecule has 1 N–H and O–H groups in total. The maximum atomic E-state index is 13.6. The highest BCUT2D eigenvalue weighted by Crippen LogP contribution is 2.40. The molecular weight excluding hydrogens is 540 g/mol. The van der Waals surface area contributed by atoms with Crippen LogP contribution in [0.1, 0.15) is 50.9 Å². The molecule has 0 saturated carbocycles. The Kier molecular flexibility index (Phi) is 8.01. The van der Waals surface area contributed by atoms with Crippen molar-refractivity contribution < 1.29 is 27.4 Å². The molecule has 4 rings (SSSR count). The molecule has 4 heterocycles. The van der Waals surface area contributed by atoms with Crippen LogP contribution in [0, 0.1) is 0 Å². The van der Waals surface area contributed by atoms with Gasteiger partial charge in [-0.25, -0.2) is 18.4 Å². The number of methoxy groups -OCH3 is 3. The van der Waals surface area contributed by atoms with Gasteiger partial charge in [0.15, 0.2) is 11.5 Å². The first-order valence-electron chi connectivity index (χ1n) is 11.6. The summed E-state index contributed by atoms with van der Waals surface area (Å²) in [6.07, 6.45) is 3.62. The van der Waals surface area contributed by atoms with Gasteiger partial charge in [-0.2, -0.15) is 9.97 Å². The van der Waals surface area contributed by atoms with E-state index in [2.05, 4.69) is 34.9 Å². The Balaban J connectivity index is 1.79. The predicted molar refractivity (Wildman–Crippen MR) is 136 cm³/mol. The monoisotopic (exact) mass is 568 g/mol. The van der Waals surface area contributed by atoms with Crippen LogP contribution in [0.4, 0.5) is 5.95 Å². The molecule has 206 valence electrons. The van der Waals surface area contributed by atoms with Crippen LogP contribution in [0.3, 0.4) is 0 Å². The van der Waals surface area contributed by atoms with E-state index in [9.17, 15) is 8.42 Å². The van der Waals surface area contributed by atoms with Gasteiger partial charge in [0.2, 0.25) is 27.7 Å². The molecule has 3 atom stereocenters. The normalized spacial score (nSPS) is 18.7. The lowest BCUT2D eigenvalue weighted by Gasteiger charge is -2.23. The first kappa shape index (κ1) is 27.9. The summed E-state index contributed by atoms with van der Waals surface area (Å²) >= 11 is 5.88. The summed E-state index contributed by atoms with van der Waals surface area (Å²) in [7, 11) is 0.0763. The number of hydrogen-bond donors (Lipinski definition) is 1. The molecule has 3 aromatic heterocycles. The number of anilines is 1. The van der Waals surface area contributed by atoms with E-state index < -0.39 is 27.0 Å². The number of halogens is 1. The number of sulfonamides is 1. The number of nitrogens with zero attached hydrogens (tertiary/aromatic N) is 7. The molecule has 3 aromatic rings. The summed E-state index contributed by atoms with van der Waals surface area (Å²) in [5.74, 6) is 0.522. The molecular formula is C22H29ClN8O6S. The molecule has 0 unspecified atom stereocenters. The summed E-state index contributed by atoms with van der Waals surface area (Å²) in [6, 6.07) is 0. The van der Waals surface area contributed by atoms with Gasteiger partial charge in [0.25, 0.3) is 0 Å². The fraction of sp³-hybridized carbons (Fsp3) is 0.545. The van der Waals surface area contributed by atoms with Gasteiger partial charge in [-0.05, 0) is 27.2 Å². The van der Waals surface area contributed by atoms with Gasteiger partial charge in [0, 0.05) is 25.4 Å². The van der Waals surface area contributed by atoms with E-state index in [4.69, 9.17) is 30.5 Å². The molecule has 0 aromatic carbocycles. The Morgan fingerprint density at radius 2 is 1.74 bits per heavy atom. The van der Waals surface area contributed by atoms with E-state index in [0.717, 1.165) is 0 Å². The quantitative estimate of drug-likeness (QED) is 0.380. The third-order valence-corrected chi connectivity index (χ3v) is 8.02. The van der Waals surface area contributed by atoms with Gasteiger partial charge >= 0.3 is 0 Å². The lowest BCUT2D eigenvalue weighted by atomic mass is 9.97. The third-order valence-electron chi connectivity index (χ3n) is 6.13. The van der Waals surface area contributed by atoms with Crippen LogP contribution in [0.5, 0.6) is 11.8 Å². The average Bonchev–Trinajstić information content (AvgIpc) is 3.46. The van der Waals surface area contributed by atoms with Crippen LogP contribution in [0.2, 0.25) is 5.02 Å². The van der Waals surface area contributed by atoms with Crippen molar-refractivity contribution >= 4 is 27.6 Å². The third kappa shape index (κ3) is 5.50. The fourth-order valence-electron chi connectivity index (χ4n) is 4.25. The Morgan fingerprint density at radius 3 is 2.26 bits per heavy atom. The maximum Gasteiger partial charge on any atom is 0.245 e. The molecule has 1 saturated heterocycles. The van der Waals surface area contributed by atoms with Crippen molar-refractivity contribution in [2.75, 3.05) is 32.7 Å². The average molecular weight is 569 g/mol. The van der Waals surface area contributed by atoms with Crippen LogP contribution >= 0.6 is 11.6 Å². The Hall–Kier alpha value is -3.14. The minimum Gasteiger partial charge on any atom is -0.479 e. The lowest BCUT2D eigenvalue weighted by Crippen LogP contribution is -2.33. The molecule has 0 aliphatic carbocycles. The standard InChI is InChI=1S/C22H29ClN8O6S/c1-12(16(34-4)17-24-8-14(23)9-25-17)38(32,33)30-21-29-28-18(13-7-22(2,3)37-10-13)31(21)15-19(35-5)26-11-27-20(15)36-6/h8-9,11-13,16H,7,10H2,1-6H3,(H,29,30)/t12-,13+,16-/m0/s1. The molecule has 0 bridgehead atoms. The van der Waals surface area contributed by atoms with E-state index in [1.54, 1.807) is 0 Å². The molecule has 14 nitrogen and oxygen atoms in total. The highest BCUT2D eigenvalue weighted by Gasteiger charge is 2.39. The highest BCUT2D eigenvalue weighted by molar-refractivity contribution is 7.93. The van der Waals surface area contributed by atoms with Gasteiger partial charge < -0.3 is 18.9 Å². The van der Waals surface area contributed by atoms with Gasteiger partial charge in [0.1, 0.15) is 23.5 Å². The van der Waals surface area contributed by atoms with Crippen molar-refractivity contribution in [3.8, 4) is 17.4 Å². The number of nitrogens with one attached hydrogen (secondary N) is 1. The molecule has 16 heteroatoms. The van der Waals surface area contributed by atoms with Crippen LogP contribution in [-0.4, -0.2) is 81.9 Å². The number of rotatable bonds is 10. The topological polar surface area (TPSA) is 165 Å². The Labute approximate surface area is 225 Å². The van der Waals surface area contributed by atoms with Gasteiger partial charge in [-0.3, -0.25) is 9.29 Å². The van der Waals surface area contributed by atoms with E-state index in [1.165, 1.54) is 51.5 Å². The van der Waals surface area contributed by atoms with Gasteiger partial charge in [-0.15, -0.1) is 10.2 Å². The Bertz CT molecular complexity index is 1360. The van der Waals surface area contributed by atoms with Crippen LogP contribution in [-0.2, 0) is 19.5 Å². The number of hydrogen-bond acceptors (Lipinski definition) is 12. The Morgan fingerprint density at radius 1 is 1.11 bits per heavy atom. The number of aromatic nitrogens is 7. The summed E-state index contributed by atoms with van der Waals surface area (Å²) in [5, 5.41) is 7.68. The zero-order chi connectivity index (χ0) is 27.7. The van der Waals surface area contributed by atoms with Crippen molar-refractivity contribution in [3.63, 3.8) is 0 Å². The second-order valence-corrected chi connectivity index (χ2v) is 11.7. The van der Waals surface area contributed by atoms with E-state index >= 15 is 0 Å². The molecule has 38 heavy (non-hydrogen) atoms. The molecule has 0 radical (unpaired) electrons. The second-order valence-electron chi connectivity index (χ2n) is 9.20. The minimum absolute atomic E-state index is 0.116. The lowest BCUT2D eigenvalue weighted by molar-refractivity contribution is 0.0360. The van der Waals surface area contributed by atoms with Crippen molar-refractivity contribution in [2.45, 2.75) is 50.1 Å². The van der Waals surface area contributed by atoms with Gasteiger partial charge in [0.05, 0.1) is 31.5 Å². The van der Waals surface area contributed by atoms with E-state index in [-0.39, 0.29) is 35.1 Å². The summed E-state index contributed by atoms with van der Waals surface area (Å²) < 4.78 is 53.5. The van der Waals surface area contributed by atoms with Crippen molar-refractivity contribution in [1.29, 1.82) is 0 Å². The molecule has 1 aliphatic rings. The summed E-state index contributed by atoms with van der Waals surface area (Å²) in [5.41, 5.74) is -0.168. The van der Waals surface area contributed by atoms with Gasteiger partial charge in [-0.1, -0.05) is 11.6 Å². The smallest absolute Gasteiger partial charge is 0.245 e. The second kappa shape index (κ2) is 10.9. The van der Waals surface area contributed by atoms with E-state index in [0.29, 0.717) is 23.9 Å². The van der Waals surface area contributed by atoms with Crippen molar-refractivity contribution in [2.24, 2.45) is 0 Å². The first-order chi connectivity index (χ1) is 18.0. The summed E-state index contributed by atoms with van der Waals surface area (Å²) in [4.78, 5) is 16.6. The highest BCUT2D eigenvalue weighted by atomic mass is 35.5. The molecule has 0 amide bonds. The molecule has 1 aliphatic heterocycles. The molecule has 1 fully saturated rings. The van der Waals surface area contributed by atoms with E-state index in [1.807, 2.05) is 13.8 Å². The largest absolute Gasteiger partial charge is 0.479 e. The first-order valence-corrected chi connectivity index (χ1v) is 13.5. The number of ether oxygens (including phenoxy) is 4. The zero-order valence-electron chi connectivity index (χ0n) is 21.7. The SMILES string of the molecule is COc1ncnc(OC)c1-n1c(NS(=O)(=O)[C@@H](C)[C@H](OC)c2ncc(Cl)cn2)nnc1[C@H]1COC(C)(C)C1. The minimum atomic E-state index is -4.15. The van der Waals surface area contributed by atoms with Crippen LogP contribution in [0.15, 0.2) is 18.7 Å².